The lowest BCUT2D eigenvalue weighted by atomic mass is 10.0. The molecule has 3 rings (SSSR count). The minimum absolute atomic E-state index is 0.00108. The Balaban J connectivity index is 1.69. The summed E-state index contributed by atoms with van der Waals surface area (Å²) in [5, 5.41) is 12.2. The molecule has 2 aliphatic rings. The predicted octanol–water partition coefficient (Wildman–Crippen LogP) is 1.39. The number of alkyl halides is 3. The van der Waals surface area contributed by atoms with Crippen LogP contribution in [-0.2, 0) is 15.7 Å². The first-order valence-corrected chi connectivity index (χ1v) is 8.28. The highest BCUT2D eigenvalue weighted by Gasteiger charge is 2.34. The lowest BCUT2D eigenvalue weighted by Gasteiger charge is -2.24. The molecule has 27 heavy (non-hydrogen) atoms. The highest BCUT2D eigenvalue weighted by atomic mass is 19.4. The molecule has 2 amide bonds. The van der Waals surface area contributed by atoms with Crippen LogP contribution >= 0.6 is 0 Å². The minimum atomic E-state index is -4.57. The Morgan fingerprint density at radius 2 is 2.11 bits per heavy atom. The monoisotopic (exact) mass is 385 g/mol. The van der Waals surface area contributed by atoms with Gasteiger partial charge in [-0.25, -0.2) is 10.2 Å². The topological polar surface area (TPSA) is 104 Å². The van der Waals surface area contributed by atoms with Crippen LogP contribution < -0.4 is 21.4 Å². The van der Waals surface area contributed by atoms with Crippen LogP contribution in [0.1, 0.15) is 24.0 Å². The van der Waals surface area contributed by atoms with Gasteiger partial charge in [-0.1, -0.05) is 6.07 Å². The molecule has 0 aliphatic carbocycles. The number of cyclic esters (lactones) is 1. The van der Waals surface area contributed by atoms with Crippen molar-refractivity contribution >= 4 is 23.4 Å². The van der Waals surface area contributed by atoms with Crippen molar-refractivity contribution in [3.8, 4) is 0 Å². The van der Waals surface area contributed by atoms with Crippen molar-refractivity contribution in [2.24, 2.45) is 5.10 Å². The van der Waals surface area contributed by atoms with Gasteiger partial charge in [-0.3, -0.25) is 10.1 Å². The maximum atomic E-state index is 13.4. The number of benzene rings is 1. The first kappa shape index (κ1) is 19.0. The number of nitrogens with one attached hydrogen (secondary N) is 4. The van der Waals surface area contributed by atoms with Gasteiger partial charge in [0.2, 0.25) is 5.91 Å². The molecule has 0 spiro atoms. The smallest absolute Gasteiger partial charge is 0.428 e. The fourth-order valence-corrected chi connectivity index (χ4v) is 2.77. The van der Waals surface area contributed by atoms with Crippen molar-refractivity contribution in [3.05, 3.63) is 29.3 Å². The van der Waals surface area contributed by atoms with Crippen LogP contribution in [0.2, 0.25) is 0 Å². The largest absolute Gasteiger partial charge is 0.442 e. The van der Waals surface area contributed by atoms with Crippen LogP contribution in [0.5, 0.6) is 0 Å². The molecular formula is C16H18F3N5O3. The van der Waals surface area contributed by atoms with Gasteiger partial charge in [-0.15, -0.1) is 0 Å². The normalized spacial score (nSPS) is 20.3. The van der Waals surface area contributed by atoms with Crippen LogP contribution in [0.4, 0.5) is 23.7 Å². The average molecular weight is 385 g/mol. The zero-order chi connectivity index (χ0) is 19.4. The zero-order valence-electron chi connectivity index (χ0n) is 14.2. The van der Waals surface area contributed by atoms with E-state index >= 15 is 0 Å². The average Bonchev–Trinajstić information content (AvgIpc) is 2.63. The Morgan fingerprint density at radius 1 is 1.30 bits per heavy atom. The van der Waals surface area contributed by atoms with Crippen LogP contribution in [-0.4, -0.2) is 43.6 Å². The molecule has 4 N–H and O–H groups in total. The summed E-state index contributed by atoms with van der Waals surface area (Å²) < 4.78 is 45.0. The second kappa shape index (κ2) is 7.82. The van der Waals surface area contributed by atoms with Crippen molar-refractivity contribution in [2.75, 3.05) is 25.1 Å². The van der Waals surface area contributed by atoms with E-state index in [1.54, 1.807) is 0 Å². The number of nitrogens with zero attached hydrogens (tertiary/aromatic N) is 1. The highest BCUT2D eigenvalue weighted by Crippen LogP contribution is 2.35. The molecule has 11 heteroatoms. The number of carbonyl (C=O) groups is 2. The molecule has 0 bridgehead atoms. The molecule has 1 saturated heterocycles. The molecule has 1 unspecified atom stereocenters. The zero-order valence-corrected chi connectivity index (χ0v) is 14.2. The molecule has 8 nitrogen and oxygen atoms in total. The molecule has 1 atom stereocenters. The van der Waals surface area contributed by atoms with Gasteiger partial charge in [-0.2, -0.15) is 18.3 Å². The second-order valence-electron chi connectivity index (χ2n) is 6.10. The van der Waals surface area contributed by atoms with Crippen LogP contribution in [0.25, 0.3) is 0 Å². The van der Waals surface area contributed by atoms with E-state index in [1.165, 1.54) is 12.1 Å². The van der Waals surface area contributed by atoms with E-state index < -0.39 is 17.8 Å². The van der Waals surface area contributed by atoms with Gasteiger partial charge in [0.25, 0.3) is 0 Å². The first-order chi connectivity index (χ1) is 12.8. The third-order valence-electron chi connectivity index (χ3n) is 4.22. The number of anilines is 1. The van der Waals surface area contributed by atoms with E-state index in [9.17, 15) is 22.8 Å². The summed E-state index contributed by atoms with van der Waals surface area (Å²) in [6.45, 7) is 0.352. The Hall–Kier alpha value is -2.82. The first-order valence-electron chi connectivity index (χ1n) is 8.28. The molecule has 0 saturated carbocycles. The molecule has 146 valence electrons. The van der Waals surface area contributed by atoms with E-state index in [-0.39, 0.29) is 42.2 Å². The van der Waals surface area contributed by atoms with Gasteiger partial charge in [0.1, 0.15) is 12.3 Å². The van der Waals surface area contributed by atoms with E-state index in [0.29, 0.717) is 19.4 Å². The summed E-state index contributed by atoms with van der Waals surface area (Å²) in [6, 6.07) is 3.74. The Bertz CT molecular complexity index is 756. The Labute approximate surface area is 152 Å². The van der Waals surface area contributed by atoms with Crippen LogP contribution in [0.3, 0.4) is 0 Å². The number of piperidine rings is 1. The standard InChI is InChI=1S/C16H18F3N5O3/c17-16(18,19)11-5-9(13-7-27-15(26)24-23-13)1-3-12(11)22-8-21-10-2-4-14(25)20-6-10/h1,3,5,10,21-22H,2,4,6-8H2,(H,20,25)(H,24,26). The molecule has 1 aromatic rings. The van der Waals surface area contributed by atoms with E-state index in [2.05, 4.69) is 26.5 Å². The van der Waals surface area contributed by atoms with Gasteiger partial charge in [-0.05, 0) is 18.6 Å². The number of amides is 2. The van der Waals surface area contributed by atoms with E-state index in [4.69, 9.17) is 4.74 Å². The number of carbonyl (C=O) groups excluding carboxylic acids is 2. The molecule has 2 aliphatic heterocycles. The van der Waals surface area contributed by atoms with E-state index in [1.807, 2.05) is 0 Å². The number of halogens is 3. The lowest BCUT2D eigenvalue weighted by Crippen LogP contribution is -2.47. The molecular weight excluding hydrogens is 367 g/mol. The summed E-state index contributed by atoms with van der Waals surface area (Å²) in [5.41, 5.74) is 1.54. The number of hydrogen-bond donors (Lipinski definition) is 4. The SMILES string of the molecule is O=C1CCC(NCNc2ccc(C3=NNC(=O)OC3)cc2C(F)(F)F)CN1. The van der Waals surface area contributed by atoms with Crippen molar-refractivity contribution in [3.63, 3.8) is 0 Å². The lowest BCUT2D eigenvalue weighted by molar-refractivity contribution is -0.137. The fourth-order valence-electron chi connectivity index (χ4n) is 2.77. The van der Waals surface area contributed by atoms with Crippen LogP contribution in [0.15, 0.2) is 23.3 Å². The second-order valence-corrected chi connectivity index (χ2v) is 6.10. The summed E-state index contributed by atoms with van der Waals surface area (Å²) in [4.78, 5) is 22.0. The number of ether oxygens (including phenoxy) is 1. The summed E-state index contributed by atoms with van der Waals surface area (Å²) in [6.07, 6.45) is -4.31. The maximum absolute atomic E-state index is 13.4. The molecule has 0 aromatic heterocycles. The van der Waals surface area contributed by atoms with Gasteiger partial charge < -0.3 is 15.4 Å². The quantitative estimate of drug-likeness (QED) is 0.574. The number of hydrazone groups is 1. The van der Waals surface area contributed by atoms with Crippen LogP contribution in [0, 0.1) is 0 Å². The number of rotatable bonds is 5. The highest BCUT2D eigenvalue weighted by molar-refractivity contribution is 6.04. The summed E-state index contributed by atoms with van der Waals surface area (Å²) in [5.74, 6) is -0.0262. The van der Waals surface area contributed by atoms with Crippen molar-refractivity contribution < 1.29 is 27.5 Å². The van der Waals surface area contributed by atoms with E-state index in [0.717, 1.165) is 6.07 Å². The summed E-state index contributed by atoms with van der Waals surface area (Å²) in [7, 11) is 0. The Kier molecular flexibility index (Phi) is 5.49. The number of hydrogen-bond acceptors (Lipinski definition) is 6. The van der Waals surface area contributed by atoms with Crippen molar-refractivity contribution in [1.82, 2.24) is 16.1 Å². The predicted molar refractivity (Wildman–Crippen MR) is 90.1 cm³/mol. The van der Waals surface area contributed by atoms with Crippen molar-refractivity contribution in [1.29, 1.82) is 0 Å². The maximum Gasteiger partial charge on any atom is 0.428 e. The van der Waals surface area contributed by atoms with Gasteiger partial charge in [0.15, 0.2) is 0 Å². The Morgan fingerprint density at radius 3 is 2.74 bits per heavy atom. The summed E-state index contributed by atoms with van der Waals surface area (Å²) >= 11 is 0. The van der Waals surface area contributed by atoms with Crippen molar-refractivity contribution in [2.45, 2.75) is 25.1 Å². The van der Waals surface area contributed by atoms with Gasteiger partial charge in [0, 0.05) is 30.3 Å². The van der Waals surface area contributed by atoms with Gasteiger partial charge >= 0.3 is 12.3 Å². The fraction of sp³-hybridized carbons (Fsp3) is 0.438. The third kappa shape index (κ3) is 4.88. The van der Waals surface area contributed by atoms with Gasteiger partial charge in [0.05, 0.1) is 12.2 Å². The molecule has 0 radical (unpaired) electrons. The molecule has 1 aromatic carbocycles. The minimum Gasteiger partial charge on any atom is -0.442 e. The molecule has 2 heterocycles. The third-order valence-corrected chi connectivity index (χ3v) is 4.22. The molecule has 1 fully saturated rings.